The summed E-state index contributed by atoms with van der Waals surface area (Å²) in [4.78, 5) is 25.9. The van der Waals surface area contributed by atoms with Crippen molar-refractivity contribution in [2.45, 2.75) is 65.2 Å². The number of nitrogens with zero attached hydrogens (tertiary/aromatic N) is 1. The molecule has 0 aromatic rings. The van der Waals surface area contributed by atoms with Crippen molar-refractivity contribution in [2.24, 2.45) is 28.6 Å². The van der Waals surface area contributed by atoms with Crippen LogP contribution >= 0.6 is 11.8 Å². The normalized spacial score (nSPS) is 43.3. The van der Waals surface area contributed by atoms with Gasteiger partial charge in [-0.25, -0.2) is 0 Å². The lowest BCUT2D eigenvalue weighted by molar-refractivity contribution is -0.132. The number of Topliss-reactive ketones (excluding diaryl/α,β-unsaturated/α-hetero) is 2. The molecule has 0 aliphatic heterocycles. The summed E-state index contributed by atoms with van der Waals surface area (Å²) in [5, 5.41) is 8.95. The van der Waals surface area contributed by atoms with Crippen molar-refractivity contribution in [1.29, 1.82) is 5.26 Å². The molecule has 0 N–H and O–H groups in total. The Balaban J connectivity index is 1.70. The summed E-state index contributed by atoms with van der Waals surface area (Å²) in [6.07, 6.45) is 7.66. The topological polar surface area (TPSA) is 57.9 Å². The summed E-state index contributed by atoms with van der Waals surface area (Å²) < 4.78 is 0. The maximum Gasteiger partial charge on any atom is 0.169 e. The zero-order valence-electron chi connectivity index (χ0n) is 15.3. The van der Waals surface area contributed by atoms with Crippen LogP contribution in [-0.2, 0) is 9.59 Å². The van der Waals surface area contributed by atoms with Crippen LogP contribution in [0.25, 0.3) is 0 Å². The molecule has 0 saturated heterocycles. The van der Waals surface area contributed by atoms with Crippen molar-refractivity contribution in [3.63, 3.8) is 0 Å². The number of hydrogen-bond acceptors (Lipinski definition) is 4. The van der Waals surface area contributed by atoms with E-state index in [9.17, 15) is 9.59 Å². The van der Waals surface area contributed by atoms with Crippen LogP contribution < -0.4 is 0 Å². The number of rotatable bonds is 2. The summed E-state index contributed by atoms with van der Waals surface area (Å²) in [7, 11) is 0. The zero-order valence-corrected chi connectivity index (χ0v) is 16.1. The second-order valence-electron chi connectivity index (χ2n) is 8.93. The van der Waals surface area contributed by atoms with Gasteiger partial charge in [-0.3, -0.25) is 9.59 Å². The Morgan fingerprint density at radius 2 is 1.80 bits per heavy atom. The van der Waals surface area contributed by atoms with Gasteiger partial charge in [-0.2, -0.15) is 5.26 Å². The molecule has 0 radical (unpaired) electrons. The molecule has 0 spiro atoms. The van der Waals surface area contributed by atoms with E-state index in [1.54, 1.807) is 0 Å². The summed E-state index contributed by atoms with van der Waals surface area (Å²) in [5.74, 6) is 2.89. The average Bonchev–Trinajstić information content (AvgIpc) is 2.90. The second-order valence-corrected chi connectivity index (χ2v) is 9.91. The van der Waals surface area contributed by atoms with Crippen LogP contribution in [0.1, 0.15) is 65.2 Å². The summed E-state index contributed by atoms with van der Waals surface area (Å²) in [5.41, 5.74) is 1.36. The third-order valence-electron chi connectivity index (χ3n) is 8.06. The highest BCUT2D eigenvalue weighted by molar-refractivity contribution is 8.04. The van der Waals surface area contributed by atoms with Crippen molar-refractivity contribution in [1.82, 2.24) is 0 Å². The first-order valence-electron chi connectivity index (χ1n) is 9.71. The summed E-state index contributed by atoms with van der Waals surface area (Å²) in [6.45, 7) is 4.59. The van der Waals surface area contributed by atoms with E-state index in [1.165, 1.54) is 17.3 Å². The minimum Gasteiger partial charge on any atom is -0.299 e. The van der Waals surface area contributed by atoms with Crippen LogP contribution in [0.5, 0.6) is 0 Å². The molecular weight excluding hydrogens is 330 g/mol. The molecule has 3 nitrogen and oxygen atoms in total. The molecular formula is C21H27NO2S. The van der Waals surface area contributed by atoms with E-state index in [0.29, 0.717) is 35.7 Å². The third kappa shape index (κ3) is 2.38. The Kier molecular flexibility index (Phi) is 4.15. The maximum absolute atomic E-state index is 12.5. The van der Waals surface area contributed by atoms with E-state index in [4.69, 9.17) is 5.26 Å². The number of nitriles is 1. The lowest BCUT2D eigenvalue weighted by atomic mass is 9.47. The van der Waals surface area contributed by atoms with Crippen molar-refractivity contribution >= 4 is 23.3 Å². The van der Waals surface area contributed by atoms with E-state index in [-0.39, 0.29) is 16.6 Å². The monoisotopic (exact) mass is 357 g/mol. The van der Waals surface area contributed by atoms with Gasteiger partial charge in [0.25, 0.3) is 0 Å². The summed E-state index contributed by atoms with van der Waals surface area (Å²) >= 11 is 1.46. The van der Waals surface area contributed by atoms with Gasteiger partial charge in [-0.05, 0) is 67.3 Å². The molecule has 4 aliphatic carbocycles. The van der Waals surface area contributed by atoms with Gasteiger partial charge >= 0.3 is 0 Å². The Morgan fingerprint density at radius 1 is 1.04 bits per heavy atom. The first kappa shape index (κ1) is 17.3. The van der Waals surface area contributed by atoms with Crippen molar-refractivity contribution in [2.75, 3.05) is 5.75 Å². The van der Waals surface area contributed by atoms with Crippen molar-refractivity contribution < 1.29 is 9.59 Å². The van der Waals surface area contributed by atoms with Crippen LogP contribution in [0.15, 0.2) is 10.5 Å². The van der Waals surface area contributed by atoms with Gasteiger partial charge in [0, 0.05) is 18.3 Å². The molecule has 3 unspecified atom stereocenters. The maximum atomic E-state index is 12.5. The quantitative estimate of drug-likeness (QED) is 0.720. The first-order valence-corrected chi connectivity index (χ1v) is 10.7. The molecule has 3 fully saturated rings. The molecule has 4 aliphatic rings. The molecule has 0 bridgehead atoms. The standard InChI is InChI=1S/C21H27NO2S/c1-20-10-8-17(23)19(25-12-11-22)16(20)4-3-13-14-5-6-18(24)21(14,2)9-7-15(13)20/h13-15H,3-10,12H2,1-2H3/t13?,14?,15?,20-,21+/m1/s1. The number of allylic oxidation sites excluding steroid dienone is 1. The van der Waals surface area contributed by atoms with E-state index < -0.39 is 0 Å². The summed E-state index contributed by atoms with van der Waals surface area (Å²) in [6, 6.07) is 2.18. The van der Waals surface area contributed by atoms with E-state index in [1.807, 2.05) is 0 Å². The molecule has 134 valence electrons. The minimum atomic E-state index is -0.0817. The van der Waals surface area contributed by atoms with Gasteiger partial charge in [0.1, 0.15) is 5.78 Å². The number of hydrogen-bond donors (Lipinski definition) is 0. The molecule has 3 saturated carbocycles. The van der Waals surface area contributed by atoms with Crippen LogP contribution in [0, 0.1) is 39.9 Å². The molecule has 4 heteroatoms. The zero-order chi connectivity index (χ0) is 17.8. The van der Waals surface area contributed by atoms with Gasteiger partial charge in [-0.15, -0.1) is 11.8 Å². The molecule has 0 aromatic heterocycles. The molecule has 0 heterocycles. The van der Waals surface area contributed by atoms with Crippen LogP contribution in [0.4, 0.5) is 0 Å². The fourth-order valence-corrected chi connectivity index (χ4v) is 7.69. The van der Waals surface area contributed by atoms with Crippen LogP contribution in [0.3, 0.4) is 0 Å². The first-order chi connectivity index (χ1) is 11.9. The lowest BCUT2D eigenvalue weighted by Crippen LogP contribution is -2.51. The van der Waals surface area contributed by atoms with E-state index >= 15 is 0 Å². The highest BCUT2D eigenvalue weighted by atomic mass is 32.2. The predicted molar refractivity (Wildman–Crippen MR) is 98.7 cm³/mol. The van der Waals surface area contributed by atoms with Crippen LogP contribution in [0.2, 0.25) is 0 Å². The van der Waals surface area contributed by atoms with Gasteiger partial charge in [0.15, 0.2) is 5.78 Å². The average molecular weight is 358 g/mol. The highest BCUT2D eigenvalue weighted by Crippen LogP contribution is 2.65. The van der Waals surface area contributed by atoms with Gasteiger partial charge in [-0.1, -0.05) is 13.8 Å². The number of carbonyl (C=O) groups excluding carboxylic acids is 2. The Morgan fingerprint density at radius 3 is 2.56 bits per heavy atom. The fourth-order valence-electron chi connectivity index (χ4n) is 6.71. The lowest BCUT2D eigenvalue weighted by Gasteiger charge is -2.57. The van der Waals surface area contributed by atoms with Gasteiger partial charge in [0.2, 0.25) is 0 Å². The number of ketones is 2. The van der Waals surface area contributed by atoms with Crippen LogP contribution in [-0.4, -0.2) is 17.3 Å². The van der Waals surface area contributed by atoms with E-state index in [0.717, 1.165) is 49.9 Å². The largest absolute Gasteiger partial charge is 0.299 e. The molecule has 5 atom stereocenters. The van der Waals surface area contributed by atoms with Gasteiger partial charge in [0.05, 0.1) is 16.7 Å². The van der Waals surface area contributed by atoms with Crippen molar-refractivity contribution in [3.8, 4) is 6.07 Å². The number of carbonyl (C=O) groups is 2. The molecule has 4 rings (SSSR count). The number of thioether (sulfide) groups is 1. The Hall–Kier alpha value is -1.08. The smallest absolute Gasteiger partial charge is 0.169 e. The highest BCUT2D eigenvalue weighted by Gasteiger charge is 2.59. The third-order valence-corrected chi connectivity index (χ3v) is 9.10. The molecule has 0 amide bonds. The number of fused-ring (bicyclic) bond motifs is 5. The van der Waals surface area contributed by atoms with Crippen molar-refractivity contribution in [3.05, 3.63) is 10.5 Å². The molecule has 25 heavy (non-hydrogen) atoms. The minimum absolute atomic E-state index is 0.0817. The molecule has 0 aromatic carbocycles. The Bertz CT molecular complexity index is 705. The predicted octanol–water partition coefficient (Wildman–Crippen LogP) is 4.67. The van der Waals surface area contributed by atoms with Gasteiger partial charge < -0.3 is 0 Å². The SMILES string of the molecule is C[C@]12CCC(=O)C(SCC#N)=C1CCC1C2CC[C@]2(C)C(=O)CCC12. The Labute approximate surface area is 154 Å². The fraction of sp³-hybridized carbons (Fsp3) is 0.762. The van der Waals surface area contributed by atoms with E-state index in [2.05, 4.69) is 19.9 Å². The second kappa shape index (κ2) is 5.98.